The number of terminal acetylenes is 1. The zero-order chi connectivity index (χ0) is 16.3. The summed E-state index contributed by atoms with van der Waals surface area (Å²) in [6.45, 7) is 0.433. The molecule has 0 radical (unpaired) electrons. The Morgan fingerprint density at radius 1 is 1.35 bits per heavy atom. The van der Waals surface area contributed by atoms with Crippen LogP contribution in [0.25, 0.3) is 11.0 Å². The Balaban J connectivity index is 1.54. The summed E-state index contributed by atoms with van der Waals surface area (Å²) in [5, 5.41) is 10.8. The predicted molar refractivity (Wildman–Crippen MR) is 85.8 cm³/mol. The molecule has 7 nitrogen and oxygen atoms in total. The van der Waals surface area contributed by atoms with Gasteiger partial charge in [-0.1, -0.05) is 12.1 Å². The Labute approximate surface area is 132 Å². The molecule has 1 aliphatic heterocycles. The molecule has 1 aliphatic rings. The Morgan fingerprint density at radius 2 is 2.13 bits per heavy atom. The van der Waals surface area contributed by atoms with E-state index in [1.807, 2.05) is 12.1 Å². The fourth-order valence-corrected chi connectivity index (χ4v) is 2.53. The third kappa shape index (κ3) is 3.31. The second-order valence-corrected chi connectivity index (χ2v) is 5.52. The number of carbonyl (C=O) groups excluding carboxylic acids is 1. The third-order valence-electron chi connectivity index (χ3n) is 3.88. The topological polar surface area (TPSA) is 91.6 Å². The van der Waals surface area contributed by atoms with Gasteiger partial charge in [-0.25, -0.2) is 4.79 Å². The smallest absolute Gasteiger partial charge is 0.326 e. The van der Waals surface area contributed by atoms with Gasteiger partial charge in [-0.05, 0) is 12.1 Å². The number of carbonyl (C=O) groups is 1. The number of H-pyrrole nitrogens is 1. The van der Waals surface area contributed by atoms with Crippen molar-refractivity contribution < 1.29 is 4.79 Å². The van der Waals surface area contributed by atoms with Gasteiger partial charge >= 0.3 is 5.69 Å². The standard InChI is InChI=1S/C16H17N5O2/c1-2-3-8-16(19-20-16)9-10-17-14(22)11-21-13-7-5-4-6-12(13)18-15(21)23/h1,4-7H,3,8-11H2,(H,17,22)(H,18,23). The molecule has 3 rings (SSSR count). The molecule has 118 valence electrons. The maximum atomic E-state index is 12.0. The summed E-state index contributed by atoms with van der Waals surface area (Å²) in [5.41, 5.74) is 0.732. The summed E-state index contributed by atoms with van der Waals surface area (Å²) >= 11 is 0. The molecule has 0 saturated carbocycles. The molecule has 23 heavy (non-hydrogen) atoms. The van der Waals surface area contributed by atoms with Crippen LogP contribution in [0, 0.1) is 12.3 Å². The monoisotopic (exact) mass is 311 g/mol. The molecule has 0 atom stereocenters. The number of amides is 1. The van der Waals surface area contributed by atoms with Gasteiger partial charge in [0.05, 0.1) is 11.0 Å². The molecule has 0 bridgehead atoms. The summed E-state index contributed by atoms with van der Waals surface area (Å²) in [6.07, 6.45) is 7.19. The van der Waals surface area contributed by atoms with Crippen molar-refractivity contribution in [2.24, 2.45) is 10.2 Å². The van der Waals surface area contributed by atoms with Gasteiger partial charge in [-0.3, -0.25) is 9.36 Å². The van der Waals surface area contributed by atoms with Crippen molar-refractivity contribution in [2.75, 3.05) is 6.54 Å². The van der Waals surface area contributed by atoms with Crippen molar-refractivity contribution in [2.45, 2.75) is 31.5 Å². The van der Waals surface area contributed by atoms with Crippen LogP contribution in [0.4, 0.5) is 0 Å². The molecule has 1 aromatic heterocycles. The number of aromatic amines is 1. The van der Waals surface area contributed by atoms with Crippen LogP contribution in [0.3, 0.4) is 0 Å². The van der Waals surface area contributed by atoms with Gasteiger partial charge in [0.2, 0.25) is 5.91 Å². The van der Waals surface area contributed by atoms with Crippen molar-refractivity contribution in [3.05, 3.63) is 34.7 Å². The molecule has 0 saturated heterocycles. The molecule has 0 spiro atoms. The molecule has 7 heteroatoms. The maximum Gasteiger partial charge on any atom is 0.326 e. The molecule has 2 N–H and O–H groups in total. The number of fused-ring (bicyclic) bond motifs is 1. The average molecular weight is 311 g/mol. The van der Waals surface area contributed by atoms with E-state index in [9.17, 15) is 9.59 Å². The Hall–Kier alpha value is -2.88. The van der Waals surface area contributed by atoms with Crippen LogP contribution in [0.1, 0.15) is 19.3 Å². The molecule has 0 unspecified atom stereocenters. The van der Waals surface area contributed by atoms with Gasteiger partial charge in [0.25, 0.3) is 0 Å². The van der Waals surface area contributed by atoms with E-state index >= 15 is 0 Å². The lowest BCUT2D eigenvalue weighted by atomic mass is 10.0. The van der Waals surface area contributed by atoms with E-state index in [4.69, 9.17) is 6.42 Å². The van der Waals surface area contributed by atoms with E-state index in [0.29, 0.717) is 36.8 Å². The summed E-state index contributed by atoms with van der Waals surface area (Å²) < 4.78 is 1.42. The van der Waals surface area contributed by atoms with Gasteiger partial charge < -0.3 is 10.3 Å². The number of benzene rings is 1. The highest BCUT2D eigenvalue weighted by Gasteiger charge is 2.38. The highest BCUT2D eigenvalue weighted by molar-refractivity contribution is 5.80. The number of imidazole rings is 1. The zero-order valence-electron chi connectivity index (χ0n) is 12.6. The fraction of sp³-hybridized carbons (Fsp3) is 0.375. The molecule has 0 aliphatic carbocycles. The first-order valence-corrected chi connectivity index (χ1v) is 7.45. The fourth-order valence-electron chi connectivity index (χ4n) is 2.53. The molecule has 2 heterocycles. The lowest BCUT2D eigenvalue weighted by Crippen LogP contribution is -2.33. The van der Waals surface area contributed by atoms with Crippen LogP contribution in [-0.4, -0.2) is 27.7 Å². The molecule has 1 amide bonds. The summed E-state index contributed by atoms with van der Waals surface area (Å²) in [6, 6.07) is 7.27. The quantitative estimate of drug-likeness (QED) is 0.757. The van der Waals surface area contributed by atoms with Gasteiger partial charge in [0.15, 0.2) is 5.66 Å². The summed E-state index contributed by atoms with van der Waals surface area (Å²) in [7, 11) is 0. The number of rotatable bonds is 7. The van der Waals surface area contributed by atoms with Crippen LogP contribution in [0.5, 0.6) is 0 Å². The number of para-hydroxylation sites is 2. The Morgan fingerprint density at radius 3 is 2.87 bits per heavy atom. The number of hydrogen-bond acceptors (Lipinski definition) is 4. The Bertz CT molecular complexity index is 849. The molecule has 1 aromatic carbocycles. The molecule has 0 fully saturated rings. The van der Waals surface area contributed by atoms with Crippen molar-refractivity contribution in [1.29, 1.82) is 0 Å². The molecular formula is C16H17N5O2. The van der Waals surface area contributed by atoms with E-state index in [1.165, 1.54) is 4.57 Å². The van der Waals surface area contributed by atoms with Crippen LogP contribution in [0.2, 0.25) is 0 Å². The van der Waals surface area contributed by atoms with Crippen molar-refractivity contribution in [3.63, 3.8) is 0 Å². The highest BCUT2D eigenvalue weighted by Crippen LogP contribution is 2.35. The van der Waals surface area contributed by atoms with Gasteiger partial charge in [-0.15, -0.1) is 12.3 Å². The second-order valence-electron chi connectivity index (χ2n) is 5.52. The highest BCUT2D eigenvalue weighted by atomic mass is 16.2. The number of nitrogens with zero attached hydrogens (tertiary/aromatic N) is 3. The average Bonchev–Trinajstić information content (AvgIpc) is 3.24. The van der Waals surface area contributed by atoms with Gasteiger partial charge in [0.1, 0.15) is 6.54 Å². The third-order valence-corrected chi connectivity index (χ3v) is 3.88. The van der Waals surface area contributed by atoms with Crippen LogP contribution in [0.15, 0.2) is 39.3 Å². The van der Waals surface area contributed by atoms with E-state index in [1.54, 1.807) is 12.1 Å². The number of nitrogens with one attached hydrogen (secondary N) is 2. The minimum absolute atomic E-state index is 0.0194. The van der Waals surface area contributed by atoms with Crippen molar-refractivity contribution >= 4 is 16.9 Å². The van der Waals surface area contributed by atoms with Gasteiger partial charge in [0, 0.05) is 25.8 Å². The van der Waals surface area contributed by atoms with Crippen LogP contribution < -0.4 is 11.0 Å². The molecule has 2 aromatic rings. The summed E-state index contributed by atoms with van der Waals surface area (Å²) in [4.78, 5) is 26.7. The van der Waals surface area contributed by atoms with E-state index in [2.05, 4.69) is 26.4 Å². The van der Waals surface area contributed by atoms with E-state index < -0.39 is 5.66 Å². The lowest BCUT2D eigenvalue weighted by molar-refractivity contribution is -0.121. The first-order chi connectivity index (χ1) is 11.1. The molecular weight excluding hydrogens is 294 g/mol. The summed E-state index contributed by atoms with van der Waals surface area (Å²) in [5.74, 6) is 2.35. The number of aromatic nitrogens is 2. The van der Waals surface area contributed by atoms with Gasteiger partial charge in [-0.2, -0.15) is 10.2 Å². The van der Waals surface area contributed by atoms with Crippen LogP contribution in [-0.2, 0) is 11.3 Å². The minimum atomic E-state index is -0.405. The first-order valence-electron chi connectivity index (χ1n) is 7.45. The normalized spacial score (nSPS) is 14.6. The zero-order valence-corrected chi connectivity index (χ0v) is 12.6. The van der Waals surface area contributed by atoms with E-state index in [-0.39, 0.29) is 18.1 Å². The second kappa shape index (κ2) is 6.08. The Kier molecular flexibility index (Phi) is 3.98. The minimum Gasteiger partial charge on any atom is -0.354 e. The largest absolute Gasteiger partial charge is 0.354 e. The lowest BCUT2D eigenvalue weighted by Gasteiger charge is -2.10. The van der Waals surface area contributed by atoms with Crippen LogP contribution >= 0.6 is 0 Å². The van der Waals surface area contributed by atoms with Crippen molar-refractivity contribution in [1.82, 2.24) is 14.9 Å². The number of hydrogen-bond donors (Lipinski definition) is 2. The van der Waals surface area contributed by atoms with E-state index in [0.717, 1.165) is 0 Å². The van der Waals surface area contributed by atoms with Crippen molar-refractivity contribution in [3.8, 4) is 12.3 Å². The SMILES string of the molecule is C#CCCC1(CCNC(=O)Cn2c(=O)[nH]c3ccccc32)N=N1. The maximum absolute atomic E-state index is 12.0. The predicted octanol–water partition coefficient (Wildman–Crippen LogP) is 1.41. The first kappa shape index (κ1) is 15.0.